The predicted octanol–water partition coefficient (Wildman–Crippen LogP) is -0.437. The van der Waals surface area contributed by atoms with Crippen molar-refractivity contribution in [3.63, 3.8) is 0 Å². The van der Waals surface area contributed by atoms with Crippen LogP contribution in [0, 0.1) is 5.21 Å². The van der Waals surface area contributed by atoms with Gasteiger partial charge in [0.1, 0.15) is 11.6 Å². The number of benzene rings is 2. The quantitative estimate of drug-likeness (QED) is 0.107. The minimum Gasteiger partial charge on any atom is -0.595 e. The summed E-state index contributed by atoms with van der Waals surface area (Å²) in [5.74, 6) is -8.37. The Hall–Kier alpha value is -4.59. The normalized spacial score (nSPS) is 12.5. The van der Waals surface area contributed by atoms with Crippen LogP contribution in [0.15, 0.2) is 47.3 Å². The summed E-state index contributed by atoms with van der Waals surface area (Å²) in [6.45, 7) is 1.30. The summed E-state index contributed by atoms with van der Waals surface area (Å²) in [7, 11) is 0.876. The molecule has 0 saturated carbocycles. The maximum Gasteiger partial charge on any atom is 0.375 e. The maximum atomic E-state index is 13.0. The standard InChI is InChI=1S/C22H18N4O9/c1-10(27)11-4-3-5-12(8-11)23-21(31)18(28)16(19(29)22(32)35-2)17-20(30)25-15-9-13(26(33)34)6-7-14(15)24-17/h3-9,16,26,33H,1-2H3,(H,23,31)(H,25,30). The number of esters is 1. The van der Waals surface area contributed by atoms with Gasteiger partial charge in [-0.15, -0.1) is 0 Å². The number of anilines is 1. The van der Waals surface area contributed by atoms with E-state index in [2.05, 4.69) is 20.0 Å². The first-order chi connectivity index (χ1) is 16.5. The molecule has 3 rings (SSSR count). The number of rotatable bonds is 8. The Balaban J connectivity index is 2.05. The Morgan fingerprint density at radius 1 is 1.11 bits per heavy atom. The Morgan fingerprint density at radius 2 is 1.83 bits per heavy atom. The number of ether oxygens (including phenoxy) is 1. The number of H-pyrrole nitrogens is 1. The summed E-state index contributed by atoms with van der Waals surface area (Å²) in [5.41, 5.74) is -1.73. The van der Waals surface area contributed by atoms with Crippen molar-refractivity contribution in [2.45, 2.75) is 12.8 Å². The lowest BCUT2D eigenvalue weighted by molar-refractivity contribution is -0.991. The fourth-order valence-corrected chi connectivity index (χ4v) is 3.15. The highest BCUT2D eigenvalue weighted by molar-refractivity contribution is 6.52. The number of fused-ring (bicyclic) bond motifs is 1. The number of ketones is 3. The van der Waals surface area contributed by atoms with Crippen molar-refractivity contribution in [3.05, 3.63) is 69.3 Å². The number of carbonyl (C=O) groups excluding carboxylic acids is 5. The second kappa shape index (κ2) is 10.1. The fraction of sp³-hybridized carbons (Fsp3) is 0.136. The monoisotopic (exact) mass is 482 g/mol. The first kappa shape index (κ1) is 25.0. The molecule has 13 nitrogen and oxygen atoms in total. The van der Waals surface area contributed by atoms with Crippen LogP contribution in [0.4, 0.5) is 11.4 Å². The highest BCUT2D eigenvalue weighted by atomic mass is 16.8. The van der Waals surface area contributed by atoms with Gasteiger partial charge in [0.25, 0.3) is 17.2 Å². The molecule has 180 valence electrons. The Morgan fingerprint density at radius 3 is 2.46 bits per heavy atom. The number of quaternary nitrogens is 1. The second-order valence-corrected chi connectivity index (χ2v) is 7.23. The van der Waals surface area contributed by atoms with Crippen LogP contribution in [0.1, 0.15) is 28.9 Å². The summed E-state index contributed by atoms with van der Waals surface area (Å²) in [4.78, 5) is 80.7. The molecular formula is C22H18N4O9. The molecule has 1 amide bonds. The highest BCUT2D eigenvalue weighted by Gasteiger charge is 2.40. The van der Waals surface area contributed by atoms with Gasteiger partial charge in [0.05, 0.1) is 18.1 Å². The number of aromatic nitrogens is 2. The van der Waals surface area contributed by atoms with Gasteiger partial charge in [-0.2, -0.15) is 5.23 Å². The molecule has 4 N–H and O–H groups in total. The summed E-state index contributed by atoms with van der Waals surface area (Å²) < 4.78 is 4.36. The lowest BCUT2D eigenvalue weighted by Gasteiger charge is -2.14. The van der Waals surface area contributed by atoms with E-state index >= 15 is 0 Å². The van der Waals surface area contributed by atoms with Gasteiger partial charge < -0.3 is 20.2 Å². The molecule has 0 spiro atoms. The van der Waals surface area contributed by atoms with Crippen LogP contribution in [-0.4, -0.2) is 51.5 Å². The average Bonchev–Trinajstić information content (AvgIpc) is 2.83. The Kier molecular flexibility index (Phi) is 7.25. The largest absolute Gasteiger partial charge is 0.595 e. The van der Waals surface area contributed by atoms with Gasteiger partial charge in [0, 0.05) is 23.4 Å². The summed E-state index contributed by atoms with van der Waals surface area (Å²) in [6, 6.07) is 9.13. The zero-order chi connectivity index (χ0) is 25.9. The zero-order valence-corrected chi connectivity index (χ0v) is 18.3. The summed E-state index contributed by atoms with van der Waals surface area (Å²) in [5, 5.41) is 21.2. The fourth-order valence-electron chi connectivity index (χ4n) is 3.15. The van der Waals surface area contributed by atoms with Crippen molar-refractivity contribution in [2.24, 2.45) is 0 Å². The van der Waals surface area contributed by atoms with E-state index in [0.29, 0.717) is 0 Å². The highest BCUT2D eigenvalue weighted by Crippen LogP contribution is 2.19. The number of methoxy groups -OCH3 is 1. The number of carbonyl (C=O) groups is 5. The van der Waals surface area contributed by atoms with E-state index in [9.17, 15) is 34.0 Å². The van der Waals surface area contributed by atoms with E-state index < -0.39 is 45.8 Å². The number of hydrogen-bond acceptors (Lipinski definition) is 10. The zero-order valence-electron chi connectivity index (χ0n) is 18.3. The Labute approximate surface area is 195 Å². The van der Waals surface area contributed by atoms with E-state index in [1.54, 1.807) is 0 Å². The molecule has 2 atom stereocenters. The van der Waals surface area contributed by atoms with Crippen molar-refractivity contribution < 1.29 is 39.1 Å². The first-order valence-electron chi connectivity index (χ1n) is 9.89. The molecule has 0 radical (unpaired) electrons. The predicted molar refractivity (Wildman–Crippen MR) is 118 cm³/mol. The van der Waals surface area contributed by atoms with Crippen LogP contribution in [0.2, 0.25) is 0 Å². The molecule has 0 bridgehead atoms. The number of aromatic amines is 1. The number of nitrogens with zero attached hydrogens (tertiary/aromatic N) is 1. The van der Waals surface area contributed by atoms with Gasteiger partial charge in [-0.05, 0) is 25.1 Å². The third-order valence-electron chi connectivity index (χ3n) is 4.90. The average molecular weight is 482 g/mol. The summed E-state index contributed by atoms with van der Waals surface area (Å²) >= 11 is 0. The molecule has 1 aromatic heterocycles. The van der Waals surface area contributed by atoms with Gasteiger partial charge >= 0.3 is 5.97 Å². The van der Waals surface area contributed by atoms with Crippen LogP contribution < -0.4 is 16.1 Å². The summed E-state index contributed by atoms with van der Waals surface area (Å²) in [6.07, 6.45) is 0. The molecule has 2 unspecified atom stereocenters. The minimum atomic E-state index is -2.24. The molecule has 1 heterocycles. The molecule has 2 aromatic carbocycles. The van der Waals surface area contributed by atoms with Crippen molar-refractivity contribution in [3.8, 4) is 0 Å². The van der Waals surface area contributed by atoms with Crippen LogP contribution in [0.5, 0.6) is 0 Å². The SMILES string of the molecule is COC(=O)C(=O)C(C(=O)C(=O)Nc1cccc(C(C)=O)c1)c1nc2ccc([NH+]([O-])O)cc2[nH]c1=O. The van der Waals surface area contributed by atoms with Crippen molar-refractivity contribution in [1.29, 1.82) is 0 Å². The van der Waals surface area contributed by atoms with E-state index in [4.69, 9.17) is 5.21 Å². The topological polar surface area (TPSA) is 200 Å². The van der Waals surface area contributed by atoms with E-state index in [1.165, 1.54) is 43.3 Å². The van der Waals surface area contributed by atoms with Gasteiger partial charge in [-0.1, -0.05) is 12.1 Å². The lowest BCUT2D eigenvalue weighted by atomic mass is 9.94. The number of nitrogens with one attached hydrogen (secondary N) is 3. The molecule has 35 heavy (non-hydrogen) atoms. The first-order valence-corrected chi connectivity index (χ1v) is 9.89. The van der Waals surface area contributed by atoms with Crippen molar-refractivity contribution in [1.82, 2.24) is 9.97 Å². The van der Waals surface area contributed by atoms with Crippen LogP contribution in [0.25, 0.3) is 11.0 Å². The van der Waals surface area contributed by atoms with Crippen LogP contribution in [-0.2, 0) is 23.9 Å². The second-order valence-electron chi connectivity index (χ2n) is 7.23. The third-order valence-corrected chi connectivity index (χ3v) is 4.90. The molecular weight excluding hydrogens is 464 g/mol. The molecule has 0 aliphatic rings. The molecule has 0 aliphatic heterocycles. The van der Waals surface area contributed by atoms with Gasteiger partial charge in [0.15, 0.2) is 11.5 Å². The lowest BCUT2D eigenvalue weighted by Crippen LogP contribution is -2.99. The number of amides is 1. The minimum absolute atomic E-state index is 0.00497. The number of hydrogen-bond donors (Lipinski definition) is 4. The van der Waals surface area contributed by atoms with Crippen LogP contribution >= 0.6 is 0 Å². The molecule has 0 aliphatic carbocycles. The number of Topliss-reactive ketones (excluding diaryl/α,β-unsaturated/α-hetero) is 3. The van der Waals surface area contributed by atoms with E-state index in [-0.39, 0.29) is 33.8 Å². The van der Waals surface area contributed by atoms with Crippen molar-refractivity contribution >= 4 is 51.6 Å². The van der Waals surface area contributed by atoms with Gasteiger partial charge in [-0.3, -0.25) is 24.0 Å². The maximum absolute atomic E-state index is 13.0. The molecule has 0 saturated heterocycles. The molecule has 0 fully saturated rings. The van der Waals surface area contributed by atoms with E-state index in [0.717, 1.165) is 13.2 Å². The smallest absolute Gasteiger partial charge is 0.375 e. The van der Waals surface area contributed by atoms with Gasteiger partial charge in [0.2, 0.25) is 5.78 Å². The van der Waals surface area contributed by atoms with E-state index in [1.807, 2.05) is 0 Å². The third kappa shape index (κ3) is 5.33. The van der Waals surface area contributed by atoms with Gasteiger partial charge in [-0.25, -0.2) is 15.0 Å². The molecule has 3 aromatic rings. The Bertz CT molecular complexity index is 1430. The molecule has 13 heteroatoms. The van der Waals surface area contributed by atoms with Crippen LogP contribution in [0.3, 0.4) is 0 Å². The van der Waals surface area contributed by atoms with Crippen molar-refractivity contribution in [2.75, 3.05) is 12.4 Å².